The Labute approximate surface area is 99.1 Å². The summed E-state index contributed by atoms with van der Waals surface area (Å²) in [5.41, 5.74) is 2.85. The Kier molecular flexibility index (Phi) is 3.71. The van der Waals surface area contributed by atoms with E-state index in [1.54, 1.807) is 11.3 Å². The lowest BCUT2D eigenvalue weighted by Gasteiger charge is -2.14. The lowest BCUT2D eigenvalue weighted by atomic mass is 10.1. The van der Waals surface area contributed by atoms with Crippen LogP contribution in [0.5, 0.6) is 0 Å². The molecular weight excluding hydrogens is 220 g/mol. The zero-order valence-corrected chi connectivity index (χ0v) is 10.1. The second kappa shape index (κ2) is 5.25. The predicted molar refractivity (Wildman–Crippen MR) is 66.0 cm³/mol. The fourth-order valence-electron chi connectivity index (χ4n) is 1.73. The van der Waals surface area contributed by atoms with Crippen molar-refractivity contribution in [2.75, 3.05) is 0 Å². The van der Waals surface area contributed by atoms with Crippen molar-refractivity contribution in [3.63, 3.8) is 0 Å². The Bertz CT molecular complexity index is 421. The summed E-state index contributed by atoms with van der Waals surface area (Å²) < 4.78 is 2.14. The zero-order valence-electron chi connectivity index (χ0n) is 9.26. The molecule has 2 aromatic rings. The topological polar surface area (TPSA) is 55.9 Å². The van der Waals surface area contributed by atoms with Crippen LogP contribution in [0.2, 0.25) is 0 Å². The van der Waals surface area contributed by atoms with Gasteiger partial charge in [-0.15, -0.1) is 11.3 Å². The van der Waals surface area contributed by atoms with E-state index in [9.17, 15) is 0 Å². The van der Waals surface area contributed by atoms with Gasteiger partial charge in [-0.1, -0.05) is 6.07 Å². The van der Waals surface area contributed by atoms with Crippen LogP contribution in [-0.4, -0.2) is 9.55 Å². The number of hydrogen-bond donors (Lipinski definition) is 2. The van der Waals surface area contributed by atoms with E-state index in [4.69, 9.17) is 5.84 Å². The number of hydrazine groups is 1. The van der Waals surface area contributed by atoms with E-state index in [1.807, 2.05) is 18.5 Å². The van der Waals surface area contributed by atoms with E-state index in [0.29, 0.717) is 0 Å². The summed E-state index contributed by atoms with van der Waals surface area (Å²) in [5.74, 6) is 6.66. The molecule has 0 aromatic carbocycles. The highest BCUT2D eigenvalue weighted by molar-refractivity contribution is 7.10. The highest BCUT2D eigenvalue weighted by atomic mass is 32.1. The van der Waals surface area contributed by atoms with Crippen molar-refractivity contribution in [3.05, 3.63) is 40.6 Å². The average molecular weight is 236 g/mol. The van der Waals surface area contributed by atoms with E-state index in [2.05, 4.69) is 33.3 Å². The Hall–Kier alpha value is -1.17. The van der Waals surface area contributed by atoms with Crippen LogP contribution in [0.4, 0.5) is 0 Å². The van der Waals surface area contributed by atoms with Gasteiger partial charge in [-0.2, -0.15) is 0 Å². The van der Waals surface area contributed by atoms with Crippen LogP contribution in [0, 0.1) is 0 Å². The fourth-order valence-corrected chi connectivity index (χ4v) is 2.52. The second-order valence-electron chi connectivity index (χ2n) is 3.57. The van der Waals surface area contributed by atoms with E-state index in [0.717, 1.165) is 18.8 Å². The van der Waals surface area contributed by atoms with Gasteiger partial charge < -0.3 is 4.57 Å². The minimum Gasteiger partial charge on any atom is -0.335 e. The van der Waals surface area contributed by atoms with Crippen LogP contribution in [0.25, 0.3) is 0 Å². The van der Waals surface area contributed by atoms with Crippen molar-refractivity contribution < 1.29 is 0 Å². The van der Waals surface area contributed by atoms with Crippen LogP contribution in [0.3, 0.4) is 0 Å². The normalized spacial score (nSPS) is 12.9. The zero-order chi connectivity index (χ0) is 11.4. The number of nitrogens with zero attached hydrogens (tertiary/aromatic N) is 2. The van der Waals surface area contributed by atoms with Crippen LogP contribution >= 0.6 is 11.3 Å². The van der Waals surface area contributed by atoms with Gasteiger partial charge in [0.15, 0.2) is 0 Å². The fraction of sp³-hybridized carbons (Fsp3) is 0.364. The van der Waals surface area contributed by atoms with Gasteiger partial charge in [0.25, 0.3) is 0 Å². The molecule has 2 heterocycles. The molecule has 3 N–H and O–H groups in total. The third kappa shape index (κ3) is 2.32. The van der Waals surface area contributed by atoms with E-state index < -0.39 is 0 Å². The molecule has 0 amide bonds. The number of rotatable bonds is 5. The maximum atomic E-state index is 5.59. The first-order chi connectivity index (χ1) is 7.85. The van der Waals surface area contributed by atoms with Crippen molar-refractivity contribution in [3.8, 4) is 0 Å². The van der Waals surface area contributed by atoms with Gasteiger partial charge in [-0.3, -0.25) is 11.3 Å². The van der Waals surface area contributed by atoms with Crippen LogP contribution < -0.4 is 11.3 Å². The monoisotopic (exact) mass is 236 g/mol. The molecule has 0 saturated carbocycles. The standard InChI is InChI=1S/C11H16N4S/c1-2-15-6-5-13-11(15)8-9(14-12)10-4-3-7-16-10/h3-7,9,14H,2,8,12H2,1H3. The van der Waals surface area contributed by atoms with Crippen molar-refractivity contribution in [1.29, 1.82) is 0 Å². The Morgan fingerprint density at radius 1 is 1.62 bits per heavy atom. The maximum Gasteiger partial charge on any atom is 0.110 e. The molecule has 5 heteroatoms. The summed E-state index contributed by atoms with van der Waals surface area (Å²) in [7, 11) is 0. The molecule has 0 radical (unpaired) electrons. The molecule has 2 aromatic heterocycles. The summed E-state index contributed by atoms with van der Waals surface area (Å²) in [5, 5.41) is 2.06. The number of aryl methyl sites for hydroxylation is 1. The molecule has 0 fully saturated rings. The van der Waals surface area contributed by atoms with Crippen LogP contribution in [0.1, 0.15) is 23.7 Å². The number of thiophene rings is 1. The van der Waals surface area contributed by atoms with Crippen molar-refractivity contribution in [2.45, 2.75) is 25.9 Å². The first-order valence-electron chi connectivity index (χ1n) is 5.34. The number of imidazole rings is 1. The van der Waals surface area contributed by atoms with Gasteiger partial charge in [-0.25, -0.2) is 4.98 Å². The molecule has 16 heavy (non-hydrogen) atoms. The SMILES string of the molecule is CCn1ccnc1CC(NN)c1cccs1. The van der Waals surface area contributed by atoms with Gasteiger partial charge >= 0.3 is 0 Å². The van der Waals surface area contributed by atoms with Gasteiger partial charge in [0.2, 0.25) is 0 Å². The second-order valence-corrected chi connectivity index (χ2v) is 4.55. The summed E-state index contributed by atoms with van der Waals surface area (Å²) in [6.07, 6.45) is 4.65. The molecule has 1 atom stereocenters. The minimum atomic E-state index is 0.146. The van der Waals surface area contributed by atoms with Crippen molar-refractivity contribution in [2.24, 2.45) is 5.84 Å². The lowest BCUT2D eigenvalue weighted by molar-refractivity contribution is 0.530. The maximum absolute atomic E-state index is 5.59. The Balaban J connectivity index is 2.13. The van der Waals surface area contributed by atoms with E-state index in [-0.39, 0.29) is 6.04 Å². The molecular formula is C11H16N4S. The number of nitrogens with one attached hydrogen (secondary N) is 1. The van der Waals surface area contributed by atoms with Gasteiger partial charge in [0, 0.05) is 30.2 Å². The van der Waals surface area contributed by atoms with Gasteiger partial charge in [-0.05, 0) is 18.4 Å². The van der Waals surface area contributed by atoms with Gasteiger partial charge in [0.1, 0.15) is 5.82 Å². The van der Waals surface area contributed by atoms with E-state index >= 15 is 0 Å². The average Bonchev–Trinajstić information content (AvgIpc) is 2.96. The molecule has 1 unspecified atom stereocenters. The van der Waals surface area contributed by atoms with Crippen molar-refractivity contribution in [1.82, 2.24) is 15.0 Å². The van der Waals surface area contributed by atoms with Crippen LogP contribution in [0.15, 0.2) is 29.9 Å². The summed E-state index contributed by atoms with van der Waals surface area (Å²) in [6.45, 7) is 3.05. The quantitative estimate of drug-likeness (QED) is 0.614. The highest BCUT2D eigenvalue weighted by Gasteiger charge is 2.14. The summed E-state index contributed by atoms with van der Waals surface area (Å²) in [6, 6.07) is 4.28. The molecule has 86 valence electrons. The summed E-state index contributed by atoms with van der Waals surface area (Å²) in [4.78, 5) is 5.60. The smallest absolute Gasteiger partial charge is 0.110 e. The molecule has 0 spiro atoms. The Morgan fingerprint density at radius 3 is 3.12 bits per heavy atom. The molecule has 0 aliphatic rings. The summed E-state index contributed by atoms with van der Waals surface area (Å²) >= 11 is 1.71. The minimum absolute atomic E-state index is 0.146. The Morgan fingerprint density at radius 2 is 2.50 bits per heavy atom. The van der Waals surface area contributed by atoms with Crippen molar-refractivity contribution >= 4 is 11.3 Å². The molecule has 0 aliphatic carbocycles. The molecule has 0 bridgehead atoms. The predicted octanol–water partition coefficient (Wildman–Crippen LogP) is 1.71. The molecule has 2 rings (SSSR count). The molecule has 0 aliphatic heterocycles. The largest absolute Gasteiger partial charge is 0.335 e. The highest BCUT2D eigenvalue weighted by Crippen LogP contribution is 2.21. The first kappa shape index (κ1) is 11.3. The molecule has 0 saturated heterocycles. The lowest BCUT2D eigenvalue weighted by Crippen LogP contribution is -2.29. The molecule has 4 nitrogen and oxygen atoms in total. The number of aromatic nitrogens is 2. The third-order valence-corrected chi connectivity index (χ3v) is 3.60. The number of nitrogens with two attached hydrogens (primary N) is 1. The van der Waals surface area contributed by atoms with Gasteiger partial charge in [0.05, 0.1) is 6.04 Å². The third-order valence-electron chi connectivity index (χ3n) is 2.62. The van der Waals surface area contributed by atoms with Crippen LogP contribution in [-0.2, 0) is 13.0 Å². The number of hydrogen-bond acceptors (Lipinski definition) is 4. The first-order valence-corrected chi connectivity index (χ1v) is 6.22. The van der Waals surface area contributed by atoms with E-state index in [1.165, 1.54) is 4.88 Å².